The van der Waals surface area contributed by atoms with Crippen LogP contribution in [-0.2, 0) is 0 Å². The summed E-state index contributed by atoms with van der Waals surface area (Å²) in [6.45, 7) is 0.298. The topological polar surface area (TPSA) is 63.8 Å². The predicted molar refractivity (Wildman–Crippen MR) is 83.9 cm³/mol. The van der Waals surface area contributed by atoms with Gasteiger partial charge in [-0.25, -0.2) is 9.78 Å². The average molecular weight is 350 g/mol. The lowest BCUT2D eigenvalue weighted by atomic mass is 10.1. The number of hydrogen-bond donors (Lipinski definition) is 1. The number of aromatic carboxylic acids is 1. The van der Waals surface area contributed by atoms with E-state index in [0.717, 1.165) is 0 Å². The molecule has 2 heterocycles. The second-order valence-electron chi connectivity index (χ2n) is 5.39. The number of aryl methyl sites for hydroxylation is 1. The highest BCUT2D eigenvalue weighted by Gasteiger charge is 2.29. The van der Waals surface area contributed by atoms with Crippen LogP contribution in [0.25, 0.3) is 16.9 Å². The second-order valence-corrected chi connectivity index (χ2v) is 5.39. The summed E-state index contributed by atoms with van der Waals surface area (Å²) in [4.78, 5) is 15.4. The number of nitrogens with zero attached hydrogens (tertiary/aromatic N) is 2. The molecule has 0 unspecified atom stereocenters. The van der Waals surface area contributed by atoms with E-state index in [4.69, 9.17) is 9.84 Å². The van der Waals surface area contributed by atoms with Crippen LogP contribution in [0.2, 0.25) is 0 Å². The first-order valence-corrected chi connectivity index (χ1v) is 7.27. The number of alkyl halides is 3. The first-order chi connectivity index (χ1) is 11.8. The number of hydrogen-bond acceptors (Lipinski definition) is 3. The number of halogens is 3. The minimum absolute atomic E-state index is 0.0747. The summed E-state index contributed by atoms with van der Waals surface area (Å²) in [6.07, 6.45) is -2.92. The molecule has 0 saturated heterocycles. The van der Waals surface area contributed by atoms with Crippen LogP contribution < -0.4 is 4.74 Å². The van der Waals surface area contributed by atoms with Gasteiger partial charge in [-0.1, -0.05) is 12.1 Å². The molecule has 0 bridgehead atoms. The summed E-state index contributed by atoms with van der Waals surface area (Å²) in [5.74, 6) is -1.01. The van der Waals surface area contributed by atoms with Gasteiger partial charge in [0.05, 0.1) is 17.0 Å². The fraction of sp³-hybridized carbons (Fsp3) is 0.176. The minimum Gasteiger partial charge on any atom is -0.483 e. The van der Waals surface area contributed by atoms with Crippen LogP contribution in [0.4, 0.5) is 13.2 Å². The van der Waals surface area contributed by atoms with Gasteiger partial charge in [-0.2, -0.15) is 13.2 Å². The summed E-state index contributed by atoms with van der Waals surface area (Å²) < 4.78 is 44.0. The molecule has 0 fully saturated rings. The van der Waals surface area contributed by atoms with Gasteiger partial charge in [0.25, 0.3) is 0 Å². The zero-order valence-electron chi connectivity index (χ0n) is 13.0. The van der Waals surface area contributed by atoms with Crippen LogP contribution in [0.1, 0.15) is 16.1 Å². The Balaban J connectivity index is 2.11. The maximum absolute atomic E-state index is 12.5. The lowest BCUT2D eigenvalue weighted by molar-refractivity contribution is -0.153. The number of benzene rings is 1. The number of imidazole rings is 1. The Morgan fingerprint density at radius 1 is 1.28 bits per heavy atom. The molecule has 5 nitrogen and oxygen atoms in total. The number of carbonyl (C=O) groups is 1. The van der Waals surface area contributed by atoms with Crippen molar-refractivity contribution >= 4 is 11.6 Å². The summed E-state index contributed by atoms with van der Waals surface area (Å²) in [5.41, 5.74) is 2.00. The van der Waals surface area contributed by atoms with E-state index in [1.807, 2.05) is 0 Å². The van der Waals surface area contributed by atoms with Crippen LogP contribution in [0, 0.1) is 6.92 Å². The molecule has 0 amide bonds. The molecular formula is C17H13F3N2O3. The van der Waals surface area contributed by atoms with Gasteiger partial charge in [-0.15, -0.1) is 0 Å². The lowest BCUT2D eigenvalue weighted by Crippen LogP contribution is -2.19. The van der Waals surface area contributed by atoms with Crippen molar-refractivity contribution in [1.82, 2.24) is 9.38 Å². The van der Waals surface area contributed by atoms with Gasteiger partial charge in [0.1, 0.15) is 11.4 Å². The molecule has 0 aliphatic heterocycles. The lowest BCUT2D eigenvalue weighted by Gasteiger charge is -2.13. The van der Waals surface area contributed by atoms with E-state index in [1.165, 1.54) is 24.4 Å². The average Bonchev–Trinajstić information content (AvgIpc) is 2.87. The van der Waals surface area contributed by atoms with Gasteiger partial charge in [0, 0.05) is 11.8 Å². The maximum atomic E-state index is 12.5. The zero-order chi connectivity index (χ0) is 18.2. The molecule has 25 heavy (non-hydrogen) atoms. The number of carboxylic acids is 1. The quantitative estimate of drug-likeness (QED) is 0.774. The fourth-order valence-electron chi connectivity index (χ4n) is 2.57. The number of fused-ring (bicyclic) bond motifs is 1. The smallest absolute Gasteiger partial charge is 0.422 e. The molecule has 0 saturated carbocycles. The Bertz CT molecular complexity index is 948. The van der Waals surface area contributed by atoms with Crippen LogP contribution in [0.5, 0.6) is 5.75 Å². The van der Waals surface area contributed by atoms with E-state index in [2.05, 4.69) is 4.98 Å². The molecule has 0 aliphatic carbocycles. The summed E-state index contributed by atoms with van der Waals surface area (Å²) in [5, 5.41) is 9.06. The van der Waals surface area contributed by atoms with Crippen molar-refractivity contribution in [1.29, 1.82) is 0 Å². The summed E-state index contributed by atoms with van der Waals surface area (Å²) in [6, 6.07) is 9.15. The van der Waals surface area contributed by atoms with E-state index in [9.17, 15) is 18.0 Å². The maximum Gasteiger partial charge on any atom is 0.422 e. The fourth-order valence-corrected chi connectivity index (χ4v) is 2.57. The van der Waals surface area contributed by atoms with Crippen molar-refractivity contribution in [3.8, 4) is 17.0 Å². The van der Waals surface area contributed by atoms with Gasteiger partial charge in [0.2, 0.25) is 0 Å². The number of carboxylic acid groups (broad SMARTS) is 1. The van der Waals surface area contributed by atoms with Crippen molar-refractivity contribution < 1.29 is 27.8 Å². The normalized spacial score (nSPS) is 11.7. The minimum atomic E-state index is -4.45. The van der Waals surface area contributed by atoms with Crippen molar-refractivity contribution in [3.05, 3.63) is 53.9 Å². The summed E-state index contributed by atoms with van der Waals surface area (Å²) >= 11 is 0. The van der Waals surface area contributed by atoms with Crippen LogP contribution in [-0.4, -0.2) is 33.2 Å². The SMILES string of the molecule is Cc1nc2cc(C(=O)O)ccn2c1-c1ccccc1OCC(F)(F)F. The molecule has 1 N–H and O–H groups in total. The molecular weight excluding hydrogens is 337 g/mol. The highest BCUT2D eigenvalue weighted by atomic mass is 19.4. The standard InChI is InChI=1S/C17H13F3N2O3/c1-10-15(22-7-6-11(16(23)24)8-14(22)21-10)12-4-2-3-5-13(12)25-9-17(18,19)20/h2-8H,9H2,1H3,(H,23,24). The number of pyridine rings is 1. The molecule has 0 radical (unpaired) electrons. The van der Waals surface area contributed by atoms with E-state index in [0.29, 0.717) is 22.6 Å². The Labute approximate surface area is 140 Å². The van der Waals surface area contributed by atoms with E-state index < -0.39 is 18.8 Å². The van der Waals surface area contributed by atoms with Gasteiger partial charge in [-0.05, 0) is 31.2 Å². The van der Waals surface area contributed by atoms with Crippen molar-refractivity contribution in [3.63, 3.8) is 0 Å². The predicted octanol–water partition coefficient (Wildman–Crippen LogP) is 3.95. The molecule has 2 aromatic heterocycles. The number of ether oxygens (including phenoxy) is 1. The Hall–Kier alpha value is -3.03. The Morgan fingerprint density at radius 3 is 2.68 bits per heavy atom. The molecule has 0 spiro atoms. The molecule has 3 aromatic rings. The van der Waals surface area contributed by atoms with E-state index >= 15 is 0 Å². The first kappa shape index (κ1) is 16.8. The van der Waals surface area contributed by atoms with Crippen LogP contribution >= 0.6 is 0 Å². The van der Waals surface area contributed by atoms with Gasteiger partial charge in [-0.3, -0.25) is 4.40 Å². The first-order valence-electron chi connectivity index (χ1n) is 7.27. The van der Waals surface area contributed by atoms with Gasteiger partial charge in [0.15, 0.2) is 6.61 Å². The van der Waals surface area contributed by atoms with E-state index in [1.54, 1.807) is 29.5 Å². The van der Waals surface area contributed by atoms with Gasteiger partial charge < -0.3 is 9.84 Å². The molecule has 3 rings (SSSR count). The molecule has 1 aromatic carbocycles. The molecule has 0 aliphatic rings. The summed E-state index contributed by atoms with van der Waals surface area (Å²) in [7, 11) is 0. The van der Waals surface area contributed by atoms with Crippen molar-refractivity contribution in [2.24, 2.45) is 0 Å². The Morgan fingerprint density at radius 2 is 2.00 bits per heavy atom. The third-order valence-corrected chi connectivity index (χ3v) is 3.58. The highest BCUT2D eigenvalue weighted by molar-refractivity contribution is 5.89. The van der Waals surface area contributed by atoms with Crippen molar-refractivity contribution in [2.45, 2.75) is 13.1 Å². The third-order valence-electron chi connectivity index (χ3n) is 3.58. The Kier molecular flexibility index (Phi) is 4.12. The van der Waals surface area contributed by atoms with E-state index in [-0.39, 0.29) is 11.3 Å². The third kappa shape index (κ3) is 3.42. The largest absolute Gasteiger partial charge is 0.483 e. The van der Waals surface area contributed by atoms with Crippen LogP contribution in [0.15, 0.2) is 42.6 Å². The van der Waals surface area contributed by atoms with Crippen LogP contribution in [0.3, 0.4) is 0 Å². The monoisotopic (exact) mass is 350 g/mol. The molecule has 0 atom stereocenters. The second kappa shape index (κ2) is 6.12. The zero-order valence-corrected chi connectivity index (χ0v) is 13.0. The number of aromatic nitrogens is 2. The van der Waals surface area contributed by atoms with Crippen molar-refractivity contribution in [2.75, 3.05) is 6.61 Å². The number of rotatable bonds is 4. The van der Waals surface area contributed by atoms with Gasteiger partial charge >= 0.3 is 12.1 Å². The number of para-hydroxylation sites is 1. The molecule has 130 valence electrons. The highest BCUT2D eigenvalue weighted by Crippen LogP contribution is 2.33. The molecule has 8 heteroatoms.